The van der Waals surface area contributed by atoms with Crippen molar-refractivity contribution in [3.63, 3.8) is 0 Å². The molecule has 2 fully saturated rings. The van der Waals surface area contributed by atoms with E-state index in [0.29, 0.717) is 22.8 Å². The summed E-state index contributed by atoms with van der Waals surface area (Å²) in [7, 11) is 0. The minimum atomic E-state index is -0.873. The van der Waals surface area contributed by atoms with Gasteiger partial charge in [0.05, 0.1) is 5.57 Å². The van der Waals surface area contributed by atoms with Crippen LogP contribution in [0.2, 0.25) is 0 Å². The number of nitrogens with zero attached hydrogens (tertiary/aromatic N) is 2. The molecule has 1 atom stereocenters. The van der Waals surface area contributed by atoms with Gasteiger partial charge in [0.25, 0.3) is 11.7 Å². The summed E-state index contributed by atoms with van der Waals surface area (Å²) in [4.78, 5) is 30.9. The van der Waals surface area contributed by atoms with Crippen molar-refractivity contribution in [3.05, 3.63) is 88.4 Å². The number of amides is 1. The Morgan fingerprint density at radius 1 is 0.895 bits per heavy atom. The first-order valence-corrected chi connectivity index (χ1v) is 13.4. The zero-order valence-corrected chi connectivity index (χ0v) is 22.9. The first kappa shape index (κ1) is 25.8. The number of carbonyl (C=O) groups excluding carboxylic acids is 2. The number of piperidine rings is 1. The highest BCUT2D eigenvalue weighted by Crippen LogP contribution is 2.43. The van der Waals surface area contributed by atoms with Gasteiger partial charge >= 0.3 is 0 Å². The number of aliphatic hydroxyl groups is 1. The van der Waals surface area contributed by atoms with Gasteiger partial charge < -0.3 is 14.4 Å². The minimum Gasteiger partial charge on any atom is -0.507 e. The van der Waals surface area contributed by atoms with Gasteiger partial charge in [0, 0.05) is 30.0 Å². The van der Waals surface area contributed by atoms with Gasteiger partial charge in [-0.25, -0.2) is 0 Å². The Labute approximate surface area is 224 Å². The second-order valence-electron chi connectivity index (χ2n) is 11.5. The van der Waals surface area contributed by atoms with Crippen molar-refractivity contribution in [2.45, 2.75) is 65.3 Å². The molecular weight excluding hydrogens is 476 g/mol. The number of hydrogen-bond donors (Lipinski definition) is 1. The Kier molecular flexibility index (Phi) is 6.68. The van der Waals surface area contributed by atoms with E-state index in [-0.39, 0.29) is 16.7 Å². The third-order valence-electron chi connectivity index (χ3n) is 7.68. The van der Waals surface area contributed by atoms with Crippen molar-refractivity contribution in [1.82, 2.24) is 0 Å². The lowest BCUT2D eigenvalue weighted by atomic mass is 9.84. The summed E-state index contributed by atoms with van der Waals surface area (Å²) >= 11 is 0. The second kappa shape index (κ2) is 9.82. The van der Waals surface area contributed by atoms with Crippen molar-refractivity contribution in [2.24, 2.45) is 0 Å². The Hall–Kier alpha value is -3.80. The molecule has 2 aromatic carbocycles. The number of hydrogen-bond acceptors (Lipinski definition) is 5. The number of furan rings is 1. The van der Waals surface area contributed by atoms with Gasteiger partial charge in [-0.3, -0.25) is 14.5 Å². The molecule has 0 spiro atoms. The summed E-state index contributed by atoms with van der Waals surface area (Å²) < 4.78 is 5.96. The maximum atomic E-state index is 13.5. The van der Waals surface area contributed by atoms with Gasteiger partial charge in [0.2, 0.25) is 0 Å². The number of ketones is 1. The van der Waals surface area contributed by atoms with Crippen molar-refractivity contribution in [3.8, 4) is 0 Å². The van der Waals surface area contributed by atoms with Crippen molar-refractivity contribution in [1.29, 1.82) is 0 Å². The summed E-state index contributed by atoms with van der Waals surface area (Å²) in [5.74, 6) is -0.480. The number of carbonyl (C=O) groups is 2. The number of benzene rings is 2. The molecule has 6 heteroatoms. The number of aliphatic hydroxyl groups excluding tert-OH is 1. The topological polar surface area (TPSA) is 74.0 Å². The van der Waals surface area contributed by atoms with E-state index in [9.17, 15) is 14.7 Å². The number of Topliss-reactive ketones (excluding diaryl/α,β-unsaturated/α-hetero) is 1. The fraction of sp³-hybridized carbons (Fsp3) is 0.375. The van der Waals surface area contributed by atoms with E-state index in [1.165, 1.54) is 24.2 Å². The van der Waals surface area contributed by atoms with Crippen LogP contribution >= 0.6 is 0 Å². The molecule has 3 heterocycles. The molecule has 0 radical (unpaired) electrons. The lowest BCUT2D eigenvalue weighted by molar-refractivity contribution is -0.132. The number of rotatable bonds is 4. The second-order valence-corrected chi connectivity index (χ2v) is 11.5. The average molecular weight is 513 g/mol. The van der Waals surface area contributed by atoms with Crippen LogP contribution in [0.4, 0.5) is 11.4 Å². The van der Waals surface area contributed by atoms with Crippen LogP contribution in [-0.2, 0) is 15.0 Å². The first-order valence-electron chi connectivity index (χ1n) is 13.4. The summed E-state index contributed by atoms with van der Waals surface area (Å²) in [6.07, 6.45) is 3.59. The van der Waals surface area contributed by atoms with Gasteiger partial charge in [-0.2, -0.15) is 0 Å². The van der Waals surface area contributed by atoms with E-state index in [1.807, 2.05) is 56.3 Å². The normalized spacial score (nSPS) is 19.9. The molecule has 2 aliphatic rings. The third-order valence-corrected chi connectivity index (χ3v) is 7.68. The van der Waals surface area contributed by atoms with Crippen LogP contribution in [0.5, 0.6) is 0 Å². The van der Waals surface area contributed by atoms with E-state index in [2.05, 4.69) is 25.7 Å². The molecule has 198 valence electrons. The molecule has 1 aromatic heterocycles. The monoisotopic (exact) mass is 512 g/mol. The Morgan fingerprint density at radius 2 is 1.55 bits per heavy atom. The third kappa shape index (κ3) is 4.64. The largest absolute Gasteiger partial charge is 0.507 e. The zero-order valence-electron chi connectivity index (χ0n) is 22.9. The van der Waals surface area contributed by atoms with Crippen LogP contribution in [0, 0.1) is 13.8 Å². The van der Waals surface area contributed by atoms with Crippen LogP contribution in [-0.4, -0.2) is 29.9 Å². The molecule has 0 bridgehead atoms. The maximum absolute atomic E-state index is 13.5. The smallest absolute Gasteiger partial charge is 0.300 e. The van der Waals surface area contributed by atoms with E-state index < -0.39 is 17.7 Å². The van der Waals surface area contributed by atoms with Gasteiger partial charge in [-0.15, -0.1) is 0 Å². The molecule has 0 saturated carbocycles. The molecular formula is C32H36N2O4. The quantitative estimate of drug-likeness (QED) is 0.236. The lowest BCUT2D eigenvalue weighted by Gasteiger charge is -2.29. The molecule has 0 aliphatic carbocycles. The van der Waals surface area contributed by atoms with Crippen molar-refractivity contribution < 1.29 is 19.1 Å². The predicted octanol–water partition coefficient (Wildman–Crippen LogP) is 6.81. The minimum absolute atomic E-state index is 0.0404. The van der Waals surface area contributed by atoms with Crippen molar-refractivity contribution >= 4 is 28.8 Å². The first-order chi connectivity index (χ1) is 18.1. The lowest BCUT2D eigenvalue weighted by Crippen LogP contribution is -2.30. The average Bonchev–Trinajstić information content (AvgIpc) is 3.44. The number of aryl methyl sites for hydroxylation is 2. The molecule has 38 heavy (non-hydrogen) atoms. The summed E-state index contributed by atoms with van der Waals surface area (Å²) in [6, 6.07) is 16.3. The Bertz CT molecular complexity index is 1400. The fourth-order valence-electron chi connectivity index (χ4n) is 5.43. The Balaban J connectivity index is 1.62. The van der Waals surface area contributed by atoms with E-state index in [4.69, 9.17) is 4.42 Å². The number of anilines is 2. The van der Waals surface area contributed by atoms with Gasteiger partial charge in [0.15, 0.2) is 0 Å². The standard InChI is InChI=1S/C32H36N2O4/c1-20-9-11-22(32(3,4)5)19-25(20)29(35)27-28(26-16-10-21(2)38-26)34(31(37)30(27)36)24-14-12-23(13-15-24)33-17-7-6-8-18-33/h9-16,19,28,35H,6-8,17-18H2,1-5H3/b29-27+. The molecule has 1 N–H and O–H groups in total. The molecule has 2 saturated heterocycles. The highest BCUT2D eigenvalue weighted by molar-refractivity contribution is 6.51. The SMILES string of the molecule is Cc1ccc(C2/C(=C(\O)c3cc(C(C)(C)C)ccc3C)C(=O)C(=O)N2c2ccc(N3CCCCC3)cc2)o1. The molecule has 3 aromatic rings. The Morgan fingerprint density at radius 3 is 2.16 bits per heavy atom. The van der Waals surface area contributed by atoms with E-state index >= 15 is 0 Å². The summed E-state index contributed by atoms with van der Waals surface area (Å²) in [5.41, 5.74) is 3.97. The molecule has 1 amide bonds. The predicted molar refractivity (Wildman–Crippen MR) is 151 cm³/mol. The van der Waals surface area contributed by atoms with Gasteiger partial charge in [-0.05, 0) is 92.1 Å². The summed E-state index contributed by atoms with van der Waals surface area (Å²) in [6.45, 7) is 12.0. The van der Waals surface area contributed by atoms with Crippen LogP contribution in [0.1, 0.15) is 74.3 Å². The van der Waals surface area contributed by atoms with Crippen LogP contribution in [0.3, 0.4) is 0 Å². The van der Waals surface area contributed by atoms with E-state index in [1.54, 1.807) is 12.1 Å². The van der Waals surface area contributed by atoms with Gasteiger partial charge in [0.1, 0.15) is 23.3 Å². The highest BCUT2D eigenvalue weighted by atomic mass is 16.3. The molecule has 1 unspecified atom stereocenters. The molecule has 6 nitrogen and oxygen atoms in total. The van der Waals surface area contributed by atoms with Crippen molar-refractivity contribution in [2.75, 3.05) is 22.9 Å². The molecule has 2 aliphatic heterocycles. The zero-order chi connectivity index (χ0) is 27.2. The van der Waals surface area contributed by atoms with Crippen LogP contribution in [0.15, 0.2) is 64.6 Å². The van der Waals surface area contributed by atoms with Gasteiger partial charge in [-0.1, -0.05) is 32.9 Å². The maximum Gasteiger partial charge on any atom is 0.300 e. The van der Waals surface area contributed by atoms with Crippen LogP contribution in [0.25, 0.3) is 5.76 Å². The summed E-state index contributed by atoms with van der Waals surface area (Å²) in [5, 5.41) is 11.6. The molecule has 5 rings (SSSR count). The fourth-order valence-corrected chi connectivity index (χ4v) is 5.43. The highest BCUT2D eigenvalue weighted by Gasteiger charge is 2.48. The van der Waals surface area contributed by atoms with E-state index in [0.717, 1.165) is 29.9 Å². The van der Waals surface area contributed by atoms with Crippen LogP contribution < -0.4 is 9.80 Å².